The molecule has 3 rings (SSSR count). The molecule has 2 aromatic heterocycles. The van der Waals surface area contributed by atoms with Gasteiger partial charge >= 0.3 is 0 Å². The second-order valence-electron chi connectivity index (χ2n) is 3.86. The summed E-state index contributed by atoms with van der Waals surface area (Å²) in [7, 11) is 0. The van der Waals surface area contributed by atoms with Crippen molar-refractivity contribution in [1.82, 2.24) is 9.97 Å². The molecular weight excluding hydrogens is 261 g/mol. The molecule has 0 radical (unpaired) electrons. The average molecular weight is 271 g/mol. The second-order valence-corrected chi connectivity index (χ2v) is 4.72. The lowest BCUT2D eigenvalue weighted by molar-refractivity contribution is 0.631. The number of aromatic nitrogens is 2. The fourth-order valence-corrected chi connectivity index (χ4v) is 2.39. The smallest absolute Gasteiger partial charge is 0.188 e. The van der Waals surface area contributed by atoms with Crippen LogP contribution >= 0.6 is 11.3 Å². The Morgan fingerprint density at radius 2 is 1.89 bits per heavy atom. The number of anilines is 2. The largest absolute Gasteiger partial charge is 0.316 e. The molecule has 19 heavy (non-hydrogen) atoms. The van der Waals surface area contributed by atoms with Crippen molar-refractivity contribution >= 4 is 22.3 Å². The highest BCUT2D eigenvalue weighted by atomic mass is 32.1. The molecule has 2 heterocycles. The van der Waals surface area contributed by atoms with Gasteiger partial charge in [0.15, 0.2) is 5.13 Å². The molecule has 0 unspecified atom stereocenters. The van der Waals surface area contributed by atoms with Gasteiger partial charge in [0.1, 0.15) is 11.6 Å². The minimum atomic E-state index is -0.266. The number of nitrogens with one attached hydrogen (secondary N) is 1. The fraction of sp³-hybridized carbons (Fsp3) is 0. The van der Waals surface area contributed by atoms with Crippen LogP contribution in [0.5, 0.6) is 0 Å². The van der Waals surface area contributed by atoms with Gasteiger partial charge in [-0.25, -0.2) is 14.4 Å². The molecule has 0 saturated heterocycles. The van der Waals surface area contributed by atoms with Gasteiger partial charge in [0.05, 0.1) is 5.69 Å². The number of nitrogens with zero attached hydrogens (tertiary/aromatic N) is 2. The van der Waals surface area contributed by atoms with Gasteiger partial charge in [-0.3, -0.25) is 0 Å². The number of halogens is 1. The zero-order chi connectivity index (χ0) is 13.1. The Labute approximate surface area is 113 Å². The molecule has 0 atom stereocenters. The quantitative estimate of drug-likeness (QED) is 0.779. The van der Waals surface area contributed by atoms with E-state index >= 15 is 0 Å². The molecule has 94 valence electrons. The van der Waals surface area contributed by atoms with E-state index in [-0.39, 0.29) is 5.82 Å². The van der Waals surface area contributed by atoms with Crippen LogP contribution in [0.2, 0.25) is 0 Å². The molecule has 0 aliphatic rings. The standard InChI is InChI=1S/C14H10FN3S/c15-11-6-2-1-5-10(11)12-9-19-14(17-12)18-13-7-3-4-8-16-13/h1-9H,(H,16,17,18). The van der Waals surface area contributed by atoms with Crippen LogP contribution in [-0.2, 0) is 0 Å². The lowest BCUT2D eigenvalue weighted by Gasteiger charge is -2.00. The van der Waals surface area contributed by atoms with Crippen molar-refractivity contribution in [2.45, 2.75) is 0 Å². The van der Waals surface area contributed by atoms with Crippen molar-refractivity contribution in [1.29, 1.82) is 0 Å². The molecule has 0 saturated carbocycles. The molecular formula is C14H10FN3S. The maximum absolute atomic E-state index is 13.6. The highest BCUT2D eigenvalue weighted by Gasteiger charge is 2.08. The van der Waals surface area contributed by atoms with Crippen LogP contribution < -0.4 is 5.32 Å². The molecule has 5 heteroatoms. The van der Waals surface area contributed by atoms with Gasteiger partial charge in [-0.15, -0.1) is 11.3 Å². The first kappa shape index (κ1) is 11.8. The van der Waals surface area contributed by atoms with E-state index < -0.39 is 0 Å². The maximum atomic E-state index is 13.6. The molecule has 0 bridgehead atoms. The average Bonchev–Trinajstić information content (AvgIpc) is 2.89. The molecule has 0 fully saturated rings. The zero-order valence-electron chi connectivity index (χ0n) is 9.88. The lowest BCUT2D eigenvalue weighted by atomic mass is 10.2. The van der Waals surface area contributed by atoms with Crippen molar-refractivity contribution in [3.05, 3.63) is 59.9 Å². The van der Waals surface area contributed by atoms with Crippen molar-refractivity contribution in [3.63, 3.8) is 0 Å². The van der Waals surface area contributed by atoms with Gasteiger partial charge in [-0.05, 0) is 24.3 Å². The maximum Gasteiger partial charge on any atom is 0.188 e. The van der Waals surface area contributed by atoms with Crippen LogP contribution in [0.25, 0.3) is 11.3 Å². The van der Waals surface area contributed by atoms with E-state index in [9.17, 15) is 4.39 Å². The van der Waals surface area contributed by atoms with E-state index in [0.29, 0.717) is 16.4 Å². The Bertz CT molecular complexity index is 682. The summed E-state index contributed by atoms with van der Waals surface area (Å²) in [5, 5.41) is 5.60. The summed E-state index contributed by atoms with van der Waals surface area (Å²) in [6, 6.07) is 12.2. The van der Waals surface area contributed by atoms with Gasteiger partial charge in [-0.2, -0.15) is 0 Å². The fourth-order valence-electron chi connectivity index (χ4n) is 1.67. The third kappa shape index (κ3) is 2.61. The third-order valence-corrected chi connectivity index (χ3v) is 3.31. The van der Waals surface area contributed by atoms with Crippen molar-refractivity contribution < 1.29 is 4.39 Å². The van der Waals surface area contributed by atoms with E-state index in [1.807, 2.05) is 23.6 Å². The van der Waals surface area contributed by atoms with Crippen LogP contribution in [0.4, 0.5) is 15.3 Å². The monoisotopic (exact) mass is 271 g/mol. The SMILES string of the molecule is Fc1ccccc1-c1csc(Nc2ccccn2)n1. The number of benzene rings is 1. The molecule has 0 aliphatic carbocycles. The van der Waals surface area contributed by atoms with Crippen LogP contribution in [0.1, 0.15) is 0 Å². The number of rotatable bonds is 3. The number of thiazole rings is 1. The van der Waals surface area contributed by atoms with E-state index in [1.165, 1.54) is 17.4 Å². The van der Waals surface area contributed by atoms with Crippen LogP contribution in [0.15, 0.2) is 54.0 Å². The Balaban J connectivity index is 1.86. The van der Waals surface area contributed by atoms with E-state index in [4.69, 9.17) is 0 Å². The van der Waals surface area contributed by atoms with Gasteiger partial charge in [0.2, 0.25) is 0 Å². The minimum absolute atomic E-state index is 0.266. The third-order valence-electron chi connectivity index (χ3n) is 2.55. The minimum Gasteiger partial charge on any atom is -0.316 e. The van der Waals surface area contributed by atoms with Crippen LogP contribution in [0, 0.1) is 5.82 Å². The van der Waals surface area contributed by atoms with Crippen LogP contribution in [0.3, 0.4) is 0 Å². The number of pyridine rings is 1. The summed E-state index contributed by atoms with van der Waals surface area (Å²) in [5.41, 5.74) is 1.13. The summed E-state index contributed by atoms with van der Waals surface area (Å²) in [5.74, 6) is 0.453. The summed E-state index contributed by atoms with van der Waals surface area (Å²) in [4.78, 5) is 8.52. The predicted molar refractivity (Wildman–Crippen MR) is 75.0 cm³/mol. The lowest BCUT2D eigenvalue weighted by Crippen LogP contribution is -1.92. The Hall–Kier alpha value is -2.27. The first-order valence-electron chi connectivity index (χ1n) is 5.71. The molecule has 0 aliphatic heterocycles. The molecule has 0 amide bonds. The summed E-state index contributed by atoms with van der Waals surface area (Å²) < 4.78 is 13.6. The highest BCUT2D eigenvalue weighted by Crippen LogP contribution is 2.27. The molecule has 3 nitrogen and oxygen atoms in total. The Morgan fingerprint density at radius 1 is 1.05 bits per heavy atom. The first-order chi connectivity index (χ1) is 9.33. The van der Waals surface area contributed by atoms with E-state index in [0.717, 1.165) is 5.82 Å². The second kappa shape index (κ2) is 5.16. The summed E-state index contributed by atoms with van der Waals surface area (Å²) in [6.45, 7) is 0. The van der Waals surface area contributed by atoms with Gasteiger partial charge < -0.3 is 5.32 Å². The molecule has 0 spiro atoms. The van der Waals surface area contributed by atoms with E-state index in [1.54, 1.807) is 24.4 Å². The highest BCUT2D eigenvalue weighted by molar-refractivity contribution is 7.14. The normalized spacial score (nSPS) is 10.4. The van der Waals surface area contributed by atoms with Crippen molar-refractivity contribution in [2.75, 3.05) is 5.32 Å². The first-order valence-corrected chi connectivity index (χ1v) is 6.59. The summed E-state index contributed by atoms with van der Waals surface area (Å²) >= 11 is 1.42. The molecule has 3 aromatic rings. The number of hydrogen-bond donors (Lipinski definition) is 1. The van der Waals surface area contributed by atoms with Gasteiger partial charge in [0, 0.05) is 17.1 Å². The Morgan fingerprint density at radius 3 is 2.68 bits per heavy atom. The summed E-state index contributed by atoms with van der Waals surface area (Å²) in [6.07, 6.45) is 1.70. The number of hydrogen-bond acceptors (Lipinski definition) is 4. The topological polar surface area (TPSA) is 37.8 Å². The van der Waals surface area contributed by atoms with Crippen LogP contribution in [-0.4, -0.2) is 9.97 Å². The van der Waals surface area contributed by atoms with Crippen molar-refractivity contribution in [3.8, 4) is 11.3 Å². The van der Waals surface area contributed by atoms with E-state index in [2.05, 4.69) is 15.3 Å². The molecule has 1 N–H and O–H groups in total. The molecule has 1 aromatic carbocycles. The zero-order valence-corrected chi connectivity index (χ0v) is 10.7. The van der Waals surface area contributed by atoms with Gasteiger partial charge in [-0.1, -0.05) is 18.2 Å². The Kier molecular flexibility index (Phi) is 3.20. The van der Waals surface area contributed by atoms with Gasteiger partial charge in [0.25, 0.3) is 0 Å². The predicted octanol–water partition coefficient (Wildman–Crippen LogP) is 4.09. The van der Waals surface area contributed by atoms with Crippen molar-refractivity contribution in [2.24, 2.45) is 0 Å².